The second kappa shape index (κ2) is 4.52. The van der Waals surface area contributed by atoms with Gasteiger partial charge in [0.2, 0.25) is 0 Å². The molecule has 92 valence electrons. The van der Waals surface area contributed by atoms with Crippen LogP contribution in [0, 0.1) is 18.3 Å². The van der Waals surface area contributed by atoms with Crippen molar-refractivity contribution in [2.24, 2.45) is 5.92 Å². The zero-order chi connectivity index (χ0) is 12.6. The first-order chi connectivity index (χ1) is 7.20. The lowest BCUT2D eigenvalue weighted by atomic mass is 9.80. The fourth-order valence-electron chi connectivity index (χ4n) is 2.47. The predicted octanol–water partition coefficient (Wildman–Crippen LogP) is 2.57. The zero-order valence-electron chi connectivity index (χ0n) is 11.5. The molecule has 1 aliphatic rings. The van der Waals surface area contributed by atoms with Crippen LogP contribution >= 0.6 is 0 Å². The fourth-order valence-corrected chi connectivity index (χ4v) is 3.91. The Labute approximate surface area is 101 Å². The third-order valence-corrected chi connectivity index (χ3v) is 4.42. The van der Waals surface area contributed by atoms with E-state index in [9.17, 15) is 0 Å². The minimum Gasteiger partial charge on any atom is -0.401 e. The summed E-state index contributed by atoms with van der Waals surface area (Å²) in [5, 5.41) is 0. The topological polar surface area (TPSA) is 12.5 Å². The molecule has 0 aliphatic carbocycles. The van der Waals surface area contributed by atoms with Crippen LogP contribution in [0.1, 0.15) is 20.3 Å². The summed E-state index contributed by atoms with van der Waals surface area (Å²) in [6.45, 7) is 12.1. The average Bonchev–Trinajstić information content (AvgIpc) is 2.12. The summed E-state index contributed by atoms with van der Waals surface area (Å²) >= 11 is 0. The Balaban J connectivity index is 2.91. The van der Waals surface area contributed by atoms with Gasteiger partial charge in [-0.3, -0.25) is 0 Å². The molecule has 1 rings (SSSR count). The molecule has 0 saturated carbocycles. The zero-order valence-corrected chi connectivity index (χ0v) is 12.5. The lowest BCUT2D eigenvalue weighted by Crippen LogP contribution is -2.57. The van der Waals surface area contributed by atoms with Crippen LogP contribution in [0.5, 0.6) is 0 Å². The first-order valence-electron chi connectivity index (χ1n) is 6.08. The third kappa shape index (κ3) is 2.88. The summed E-state index contributed by atoms with van der Waals surface area (Å²) in [5.41, 5.74) is -0.337. The Bertz CT molecular complexity index is 291. The van der Waals surface area contributed by atoms with Crippen molar-refractivity contribution in [2.45, 2.75) is 51.6 Å². The van der Waals surface area contributed by atoms with E-state index < -0.39 is 8.32 Å². The highest BCUT2D eigenvalue weighted by Crippen LogP contribution is 2.36. The maximum atomic E-state index is 6.32. The van der Waals surface area contributed by atoms with Crippen LogP contribution in [0.25, 0.3) is 0 Å². The summed E-state index contributed by atoms with van der Waals surface area (Å²) in [7, 11) is 0.570. The van der Waals surface area contributed by atoms with E-state index in [1.165, 1.54) is 0 Å². The van der Waals surface area contributed by atoms with Crippen molar-refractivity contribution in [2.75, 3.05) is 13.6 Å². The van der Waals surface area contributed by atoms with Crippen molar-refractivity contribution in [3.8, 4) is 12.3 Å². The SMILES string of the molecule is C#CC1(O[Si](C)(C)C)CC(C)N(C)CC1C. The largest absolute Gasteiger partial charge is 0.401 e. The van der Waals surface area contributed by atoms with Crippen molar-refractivity contribution in [3.05, 3.63) is 0 Å². The molecule has 1 aliphatic heterocycles. The Hall–Kier alpha value is -0.303. The summed E-state index contributed by atoms with van der Waals surface area (Å²) in [6.07, 6.45) is 6.72. The van der Waals surface area contributed by atoms with E-state index in [2.05, 4.69) is 51.4 Å². The molecule has 1 fully saturated rings. The van der Waals surface area contributed by atoms with Gasteiger partial charge < -0.3 is 9.33 Å². The van der Waals surface area contributed by atoms with Gasteiger partial charge in [-0.25, -0.2) is 0 Å². The molecule has 0 N–H and O–H groups in total. The first-order valence-corrected chi connectivity index (χ1v) is 9.49. The number of hydrogen-bond acceptors (Lipinski definition) is 2. The van der Waals surface area contributed by atoms with Gasteiger partial charge in [0.25, 0.3) is 0 Å². The summed E-state index contributed by atoms with van der Waals surface area (Å²) in [6, 6.07) is 0.503. The monoisotopic (exact) mass is 239 g/mol. The van der Waals surface area contributed by atoms with E-state index in [1.807, 2.05) is 0 Å². The molecule has 3 unspecified atom stereocenters. The molecule has 1 saturated heterocycles. The van der Waals surface area contributed by atoms with Crippen LogP contribution in [0.4, 0.5) is 0 Å². The van der Waals surface area contributed by atoms with Gasteiger partial charge in [-0.05, 0) is 33.6 Å². The van der Waals surface area contributed by atoms with Crippen LogP contribution in [0.15, 0.2) is 0 Å². The number of rotatable bonds is 2. The maximum absolute atomic E-state index is 6.32. The molecule has 16 heavy (non-hydrogen) atoms. The number of nitrogens with zero attached hydrogens (tertiary/aromatic N) is 1. The number of hydrogen-bond donors (Lipinski definition) is 0. The summed E-state index contributed by atoms with van der Waals surface area (Å²) < 4.78 is 6.32. The van der Waals surface area contributed by atoms with Gasteiger partial charge in [0.1, 0.15) is 5.60 Å². The molecule has 0 spiro atoms. The van der Waals surface area contributed by atoms with Gasteiger partial charge in [0, 0.05) is 24.9 Å². The van der Waals surface area contributed by atoms with Crippen LogP contribution in [-0.2, 0) is 4.43 Å². The quantitative estimate of drug-likeness (QED) is 0.542. The molecule has 3 heteroatoms. The number of piperidine rings is 1. The second-order valence-corrected chi connectivity index (χ2v) is 10.6. The summed E-state index contributed by atoms with van der Waals surface area (Å²) in [5.74, 6) is 3.37. The standard InChI is InChI=1S/C13H25NOSi/c1-8-13(15-16(5,6)7)9-12(3)14(4)10-11(13)2/h1,11-12H,9-10H2,2-7H3. The van der Waals surface area contributed by atoms with E-state index in [4.69, 9.17) is 10.8 Å². The molecular weight excluding hydrogens is 214 g/mol. The molecule has 0 aromatic heterocycles. The van der Waals surface area contributed by atoms with Gasteiger partial charge >= 0.3 is 0 Å². The van der Waals surface area contributed by atoms with E-state index >= 15 is 0 Å². The van der Waals surface area contributed by atoms with Gasteiger partial charge in [-0.2, -0.15) is 0 Å². The molecule has 3 atom stereocenters. The Morgan fingerprint density at radius 3 is 2.38 bits per heavy atom. The van der Waals surface area contributed by atoms with Crippen molar-refractivity contribution in [3.63, 3.8) is 0 Å². The molecule has 0 amide bonds. The van der Waals surface area contributed by atoms with Crippen molar-refractivity contribution < 1.29 is 4.43 Å². The van der Waals surface area contributed by atoms with Gasteiger partial charge in [0.15, 0.2) is 8.32 Å². The van der Waals surface area contributed by atoms with E-state index in [0.717, 1.165) is 13.0 Å². The lowest BCUT2D eigenvalue weighted by Gasteiger charge is -2.48. The average molecular weight is 239 g/mol. The molecule has 0 aromatic carbocycles. The number of terminal acetylenes is 1. The van der Waals surface area contributed by atoms with Crippen LogP contribution in [0.2, 0.25) is 19.6 Å². The molecule has 2 nitrogen and oxygen atoms in total. The highest BCUT2D eigenvalue weighted by molar-refractivity contribution is 6.69. The van der Waals surface area contributed by atoms with E-state index in [1.54, 1.807) is 0 Å². The third-order valence-electron chi connectivity index (χ3n) is 3.44. The Morgan fingerprint density at radius 2 is 1.94 bits per heavy atom. The first kappa shape index (κ1) is 13.8. The highest BCUT2D eigenvalue weighted by atomic mass is 28.4. The fraction of sp³-hybridized carbons (Fsp3) is 0.846. The maximum Gasteiger partial charge on any atom is 0.185 e. The van der Waals surface area contributed by atoms with E-state index in [-0.39, 0.29) is 5.60 Å². The molecule has 0 radical (unpaired) electrons. The Kier molecular flexibility index (Phi) is 3.89. The van der Waals surface area contributed by atoms with Crippen molar-refractivity contribution in [1.82, 2.24) is 4.90 Å². The van der Waals surface area contributed by atoms with Crippen molar-refractivity contribution in [1.29, 1.82) is 0 Å². The lowest BCUT2D eigenvalue weighted by molar-refractivity contribution is -0.0211. The molecular formula is C13H25NOSi. The summed E-state index contributed by atoms with van der Waals surface area (Å²) in [4.78, 5) is 2.37. The van der Waals surface area contributed by atoms with Crippen LogP contribution < -0.4 is 0 Å². The highest BCUT2D eigenvalue weighted by Gasteiger charge is 2.44. The second-order valence-electron chi connectivity index (χ2n) is 6.14. The smallest absolute Gasteiger partial charge is 0.185 e. The van der Waals surface area contributed by atoms with E-state index in [0.29, 0.717) is 12.0 Å². The van der Waals surface area contributed by atoms with Crippen molar-refractivity contribution >= 4 is 8.32 Å². The van der Waals surface area contributed by atoms with Crippen LogP contribution in [-0.4, -0.2) is 38.5 Å². The molecule has 1 heterocycles. The van der Waals surface area contributed by atoms with Crippen LogP contribution in [0.3, 0.4) is 0 Å². The minimum absolute atomic E-state index is 0.337. The van der Waals surface area contributed by atoms with Gasteiger partial charge in [-0.15, -0.1) is 6.42 Å². The number of likely N-dealkylation sites (tertiary alicyclic amines) is 1. The normalized spacial score (nSPS) is 37.1. The van der Waals surface area contributed by atoms with Gasteiger partial charge in [-0.1, -0.05) is 12.8 Å². The molecule has 0 bridgehead atoms. The minimum atomic E-state index is -1.59. The van der Waals surface area contributed by atoms with Gasteiger partial charge in [0.05, 0.1) is 0 Å². The Morgan fingerprint density at radius 1 is 1.38 bits per heavy atom. The predicted molar refractivity (Wildman–Crippen MR) is 71.9 cm³/mol. The molecule has 0 aromatic rings.